The van der Waals surface area contributed by atoms with E-state index in [4.69, 9.17) is 0 Å². The van der Waals surface area contributed by atoms with E-state index in [1.54, 1.807) is 11.6 Å². The fraction of sp³-hybridized carbons (Fsp3) is 0.269. The van der Waals surface area contributed by atoms with Gasteiger partial charge in [-0.15, -0.1) is 11.3 Å². The fourth-order valence-electron chi connectivity index (χ4n) is 3.54. The van der Waals surface area contributed by atoms with Gasteiger partial charge in [0, 0.05) is 18.0 Å². The predicted molar refractivity (Wildman–Crippen MR) is 141 cm³/mol. The van der Waals surface area contributed by atoms with Crippen LogP contribution in [0.25, 0.3) is 10.2 Å². The maximum atomic E-state index is 14.2. The number of nitrogens with zero attached hydrogens (tertiary/aromatic N) is 2. The Morgan fingerprint density at radius 3 is 2.64 bits per heavy atom. The van der Waals surface area contributed by atoms with Crippen LogP contribution in [0.3, 0.4) is 0 Å². The van der Waals surface area contributed by atoms with Crippen LogP contribution in [0.4, 0.5) is 21.6 Å². The van der Waals surface area contributed by atoms with E-state index < -0.39 is 23.7 Å². The summed E-state index contributed by atoms with van der Waals surface area (Å²) in [4.78, 5) is 21.6. The Morgan fingerprint density at radius 1 is 1.14 bits per heavy atom. The summed E-state index contributed by atoms with van der Waals surface area (Å²) in [6.45, 7) is 2.10. The molecule has 2 aromatic carbocycles. The summed E-state index contributed by atoms with van der Waals surface area (Å²) in [5, 5.41) is 28.9. The molecule has 0 aliphatic carbocycles. The highest BCUT2D eigenvalue weighted by molar-refractivity contribution is 7.16. The van der Waals surface area contributed by atoms with Gasteiger partial charge in [-0.2, -0.15) is 0 Å². The lowest BCUT2D eigenvalue weighted by atomic mass is 10.0. The molecule has 2 atom stereocenters. The van der Waals surface area contributed by atoms with Gasteiger partial charge in [-0.1, -0.05) is 30.3 Å². The van der Waals surface area contributed by atoms with Gasteiger partial charge >= 0.3 is 0 Å². The Balaban J connectivity index is 1.62. The van der Waals surface area contributed by atoms with Crippen molar-refractivity contribution in [2.75, 3.05) is 23.8 Å². The summed E-state index contributed by atoms with van der Waals surface area (Å²) in [6.07, 6.45) is -0.259. The standard InChI is InChI=1S/C26H28FN5O3S/c1-26(2,35)23(27)13-29-25(34)18-12-28-24(31-17-8-9-19-22(10-17)36-15-30-19)11-20(18)32-21(14-33)16-6-4-3-5-7-16/h3-12,15,21,23,33,35H,13-14H2,1-2H3,(H,29,34)(H2,28,31,32). The van der Waals surface area contributed by atoms with Crippen LogP contribution in [0.1, 0.15) is 35.8 Å². The zero-order chi connectivity index (χ0) is 25.7. The van der Waals surface area contributed by atoms with Crippen molar-refractivity contribution in [2.24, 2.45) is 0 Å². The summed E-state index contributed by atoms with van der Waals surface area (Å²) in [6, 6.07) is 16.3. The second kappa shape index (κ2) is 11.0. The Morgan fingerprint density at radius 2 is 1.92 bits per heavy atom. The molecule has 0 radical (unpaired) electrons. The number of alkyl halides is 1. The molecule has 10 heteroatoms. The van der Waals surface area contributed by atoms with E-state index in [-0.39, 0.29) is 18.7 Å². The molecule has 4 aromatic rings. The van der Waals surface area contributed by atoms with Gasteiger partial charge in [0.2, 0.25) is 0 Å². The van der Waals surface area contributed by atoms with Crippen molar-refractivity contribution in [1.29, 1.82) is 0 Å². The first-order chi connectivity index (χ1) is 17.2. The van der Waals surface area contributed by atoms with Gasteiger partial charge in [-0.05, 0) is 37.6 Å². The average Bonchev–Trinajstić information content (AvgIpc) is 3.33. The highest BCUT2D eigenvalue weighted by Gasteiger charge is 2.27. The minimum absolute atomic E-state index is 0.177. The molecule has 0 aliphatic heterocycles. The number of aliphatic hydroxyl groups excluding tert-OH is 1. The lowest BCUT2D eigenvalue weighted by Gasteiger charge is -2.23. The number of aromatic nitrogens is 2. The smallest absolute Gasteiger partial charge is 0.255 e. The van der Waals surface area contributed by atoms with E-state index in [0.29, 0.717) is 11.5 Å². The van der Waals surface area contributed by atoms with Crippen LogP contribution >= 0.6 is 11.3 Å². The van der Waals surface area contributed by atoms with E-state index >= 15 is 0 Å². The van der Waals surface area contributed by atoms with Crippen molar-refractivity contribution in [2.45, 2.75) is 31.7 Å². The van der Waals surface area contributed by atoms with Crippen LogP contribution in [0.15, 0.2) is 66.3 Å². The predicted octanol–water partition coefficient (Wildman–Crippen LogP) is 4.42. The van der Waals surface area contributed by atoms with Crippen LogP contribution in [0.5, 0.6) is 0 Å². The second-order valence-electron chi connectivity index (χ2n) is 8.90. The molecule has 0 bridgehead atoms. The van der Waals surface area contributed by atoms with E-state index in [0.717, 1.165) is 21.5 Å². The molecular weight excluding hydrogens is 481 g/mol. The quantitative estimate of drug-likeness (QED) is 0.215. The van der Waals surface area contributed by atoms with E-state index in [1.165, 1.54) is 31.4 Å². The summed E-state index contributed by atoms with van der Waals surface area (Å²) in [5.74, 6) is -0.0817. The molecule has 188 valence electrons. The van der Waals surface area contributed by atoms with Gasteiger partial charge in [-0.3, -0.25) is 4.79 Å². The molecule has 0 fully saturated rings. The average molecular weight is 510 g/mol. The van der Waals surface area contributed by atoms with Crippen LogP contribution in [0.2, 0.25) is 0 Å². The van der Waals surface area contributed by atoms with E-state index in [9.17, 15) is 19.4 Å². The third kappa shape index (κ3) is 6.14. The normalized spacial score (nSPS) is 13.2. The number of carbonyl (C=O) groups excluding carboxylic acids is 1. The molecule has 36 heavy (non-hydrogen) atoms. The van der Waals surface area contributed by atoms with Crippen LogP contribution < -0.4 is 16.0 Å². The molecule has 0 saturated heterocycles. The Labute approximate surface area is 212 Å². The number of aliphatic hydroxyl groups is 2. The summed E-state index contributed by atoms with van der Waals surface area (Å²) in [7, 11) is 0. The van der Waals surface area contributed by atoms with Gasteiger partial charge in [0.15, 0.2) is 0 Å². The molecule has 1 amide bonds. The van der Waals surface area contributed by atoms with Crippen molar-refractivity contribution >= 4 is 44.7 Å². The first-order valence-corrected chi connectivity index (χ1v) is 12.3. The largest absolute Gasteiger partial charge is 0.394 e. The molecular formula is C26H28FN5O3S. The molecule has 2 heterocycles. The lowest BCUT2D eigenvalue weighted by molar-refractivity contribution is -0.00177. The zero-order valence-corrected chi connectivity index (χ0v) is 20.7. The number of halogens is 1. The molecule has 4 rings (SSSR count). The fourth-order valence-corrected chi connectivity index (χ4v) is 4.26. The minimum atomic E-state index is -1.65. The molecule has 0 aliphatic rings. The Kier molecular flexibility index (Phi) is 7.78. The number of benzene rings is 2. The van der Waals surface area contributed by atoms with Gasteiger partial charge in [0.1, 0.15) is 12.0 Å². The Bertz CT molecular complexity index is 1330. The SMILES string of the molecule is CC(C)(O)C(F)CNC(=O)c1cnc(Nc2ccc3ncsc3c2)cc1NC(CO)c1ccccc1. The van der Waals surface area contributed by atoms with Gasteiger partial charge in [0.25, 0.3) is 5.91 Å². The van der Waals surface area contributed by atoms with E-state index in [1.807, 2.05) is 48.5 Å². The molecule has 8 nitrogen and oxygen atoms in total. The number of thiazole rings is 1. The van der Waals surface area contributed by atoms with Crippen molar-refractivity contribution in [1.82, 2.24) is 15.3 Å². The first kappa shape index (κ1) is 25.5. The summed E-state index contributed by atoms with van der Waals surface area (Å²) < 4.78 is 15.2. The number of amides is 1. The number of nitrogens with one attached hydrogen (secondary N) is 3. The molecule has 5 N–H and O–H groups in total. The third-order valence-electron chi connectivity index (χ3n) is 5.67. The van der Waals surface area contributed by atoms with Crippen molar-refractivity contribution in [3.05, 3.63) is 77.4 Å². The van der Waals surface area contributed by atoms with Gasteiger partial charge < -0.3 is 26.2 Å². The summed E-state index contributed by atoms with van der Waals surface area (Å²) >= 11 is 1.53. The number of hydrogen-bond acceptors (Lipinski definition) is 8. The third-order valence-corrected chi connectivity index (χ3v) is 6.47. The number of anilines is 3. The molecule has 0 saturated carbocycles. The van der Waals surface area contributed by atoms with E-state index in [2.05, 4.69) is 25.9 Å². The van der Waals surface area contributed by atoms with Crippen molar-refractivity contribution in [3.8, 4) is 0 Å². The van der Waals surface area contributed by atoms with Crippen LogP contribution in [-0.4, -0.2) is 51.0 Å². The van der Waals surface area contributed by atoms with Crippen molar-refractivity contribution in [3.63, 3.8) is 0 Å². The van der Waals surface area contributed by atoms with Crippen LogP contribution in [0, 0.1) is 0 Å². The number of pyridine rings is 1. The number of rotatable bonds is 10. The van der Waals surface area contributed by atoms with Crippen LogP contribution in [-0.2, 0) is 0 Å². The van der Waals surface area contributed by atoms with Gasteiger partial charge in [0.05, 0.1) is 51.8 Å². The maximum absolute atomic E-state index is 14.2. The van der Waals surface area contributed by atoms with Gasteiger partial charge in [-0.25, -0.2) is 14.4 Å². The summed E-state index contributed by atoms with van der Waals surface area (Å²) in [5.41, 5.74) is 3.31. The molecule has 2 unspecified atom stereocenters. The molecule has 2 aromatic heterocycles. The zero-order valence-electron chi connectivity index (χ0n) is 19.9. The number of hydrogen-bond donors (Lipinski definition) is 5. The number of carbonyl (C=O) groups is 1. The molecule has 0 spiro atoms. The monoisotopic (exact) mass is 509 g/mol. The second-order valence-corrected chi connectivity index (χ2v) is 9.78. The van der Waals surface area contributed by atoms with Crippen molar-refractivity contribution < 1.29 is 19.4 Å². The topological polar surface area (TPSA) is 119 Å². The Hall–Kier alpha value is -3.60. The first-order valence-electron chi connectivity index (χ1n) is 11.4. The minimum Gasteiger partial charge on any atom is -0.394 e. The maximum Gasteiger partial charge on any atom is 0.255 e. The number of fused-ring (bicyclic) bond motifs is 1. The lowest BCUT2D eigenvalue weighted by Crippen LogP contribution is -2.42. The highest BCUT2D eigenvalue weighted by Crippen LogP contribution is 2.28. The highest BCUT2D eigenvalue weighted by atomic mass is 32.1.